The maximum absolute atomic E-state index is 13.1. The molecule has 0 aromatic heterocycles. The Morgan fingerprint density at radius 1 is 1.60 bits per heavy atom. The van der Waals surface area contributed by atoms with Crippen molar-refractivity contribution in [3.8, 4) is 0 Å². The SMILES string of the molecule is CN(C(=O)NCCc1ccc(F)c(Br)c1)[C@@H]1CCOC1. The molecule has 1 aromatic rings. The molecule has 1 aliphatic heterocycles. The van der Waals surface area contributed by atoms with Gasteiger partial charge in [-0.1, -0.05) is 6.07 Å². The zero-order valence-corrected chi connectivity index (χ0v) is 13.0. The van der Waals surface area contributed by atoms with E-state index in [9.17, 15) is 9.18 Å². The van der Waals surface area contributed by atoms with Crippen LogP contribution in [0.15, 0.2) is 22.7 Å². The summed E-state index contributed by atoms with van der Waals surface area (Å²) in [5.74, 6) is -0.279. The van der Waals surface area contributed by atoms with Crippen LogP contribution in [0.25, 0.3) is 0 Å². The molecule has 1 N–H and O–H groups in total. The number of nitrogens with zero attached hydrogens (tertiary/aromatic N) is 1. The van der Waals surface area contributed by atoms with Crippen LogP contribution in [0.1, 0.15) is 12.0 Å². The van der Waals surface area contributed by atoms with E-state index in [1.54, 1.807) is 24.1 Å². The first-order chi connectivity index (χ1) is 9.58. The second-order valence-corrected chi connectivity index (χ2v) is 5.71. The summed E-state index contributed by atoms with van der Waals surface area (Å²) in [7, 11) is 1.78. The highest BCUT2D eigenvalue weighted by Gasteiger charge is 2.23. The second-order valence-electron chi connectivity index (χ2n) is 4.86. The van der Waals surface area contributed by atoms with Crippen molar-refractivity contribution in [2.45, 2.75) is 18.9 Å². The van der Waals surface area contributed by atoms with Gasteiger partial charge in [-0.3, -0.25) is 0 Å². The predicted molar refractivity (Wildman–Crippen MR) is 78.2 cm³/mol. The summed E-state index contributed by atoms with van der Waals surface area (Å²) in [6, 6.07) is 4.94. The lowest BCUT2D eigenvalue weighted by Gasteiger charge is -2.23. The Hall–Kier alpha value is -1.14. The molecule has 110 valence electrons. The third kappa shape index (κ3) is 3.93. The standard InChI is InChI=1S/C14H18BrFN2O2/c1-18(11-5-7-20-9-11)14(19)17-6-4-10-2-3-13(16)12(15)8-10/h2-3,8,11H,4-7,9H2,1H3,(H,17,19)/t11-/m1/s1. The van der Waals surface area contributed by atoms with E-state index in [-0.39, 0.29) is 17.9 Å². The monoisotopic (exact) mass is 344 g/mol. The van der Waals surface area contributed by atoms with Crippen molar-refractivity contribution in [1.82, 2.24) is 10.2 Å². The molecular weight excluding hydrogens is 327 g/mol. The fraction of sp³-hybridized carbons (Fsp3) is 0.500. The normalized spacial score (nSPS) is 18.1. The van der Waals surface area contributed by atoms with E-state index in [4.69, 9.17) is 4.74 Å². The van der Waals surface area contributed by atoms with Gasteiger partial charge in [0.1, 0.15) is 5.82 Å². The molecule has 6 heteroatoms. The molecular formula is C14H18BrFN2O2. The minimum absolute atomic E-state index is 0.0957. The van der Waals surface area contributed by atoms with Crippen molar-refractivity contribution < 1.29 is 13.9 Å². The predicted octanol–water partition coefficient (Wildman–Crippen LogP) is 2.56. The van der Waals surface area contributed by atoms with Crippen LogP contribution in [-0.2, 0) is 11.2 Å². The van der Waals surface area contributed by atoms with Crippen LogP contribution in [-0.4, -0.2) is 43.8 Å². The zero-order chi connectivity index (χ0) is 14.5. The lowest BCUT2D eigenvalue weighted by molar-refractivity contribution is 0.158. The van der Waals surface area contributed by atoms with Gasteiger partial charge in [-0.2, -0.15) is 0 Å². The second kappa shape index (κ2) is 7.04. The number of hydrogen-bond donors (Lipinski definition) is 1. The van der Waals surface area contributed by atoms with Gasteiger partial charge in [0.15, 0.2) is 0 Å². The molecule has 0 bridgehead atoms. The van der Waals surface area contributed by atoms with Gasteiger partial charge in [0.25, 0.3) is 0 Å². The topological polar surface area (TPSA) is 41.6 Å². The number of benzene rings is 1. The van der Waals surface area contributed by atoms with Crippen LogP contribution in [0, 0.1) is 5.82 Å². The smallest absolute Gasteiger partial charge is 0.317 e. The lowest BCUT2D eigenvalue weighted by Crippen LogP contribution is -2.44. The van der Waals surface area contributed by atoms with Crippen LogP contribution in [0.2, 0.25) is 0 Å². The molecule has 1 atom stereocenters. The molecule has 1 aliphatic rings. The average Bonchev–Trinajstić information content (AvgIpc) is 2.96. The van der Waals surface area contributed by atoms with E-state index in [1.807, 2.05) is 0 Å². The Morgan fingerprint density at radius 2 is 2.40 bits per heavy atom. The van der Waals surface area contributed by atoms with E-state index < -0.39 is 0 Å². The molecule has 0 spiro atoms. The van der Waals surface area contributed by atoms with Gasteiger partial charge in [-0.05, 0) is 46.5 Å². The molecule has 0 aliphatic carbocycles. The van der Waals surface area contributed by atoms with Crippen molar-refractivity contribution in [3.05, 3.63) is 34.1 Å². The fourth-order valence-corrected chi connectivity index (χ4v) is 2.55. The average molecular weight is 345 g/mol. The number of nitrogens with one attached hydrogen (secondary N) is 1. The number of hydrogen-bond acceptors (Lipinski definition) is 2. The highest BCUT2D eigenvalue weighted by Crippen LogP contribution is 2.17. The molecule has 20 heavy (non-hydrogen) atoms. The number of amides is 2. The molecule has 2 amide bonds. The van der Waals surface area contributed by atoms with E-state index >= 15 is 0 Å². The highest BCUT2D eigenvalue weighted by atomic mass is 79.9. The summed E-state index contributed by atoms with van der Waals surface area (Å²) < 4.78 is 18.8. The Balaban J connectivity index is 1.77. The van der Waals surface area contributed by atoms with E-state index in [0.717, 1.165) is 12.0 Å². The first kappa shape index (κ1) is 15.3. The number of likely N-dealkylation sites (N-methyl/N-ethyl adjacent to an activating group) is 1. The Kier molecular flexibility index (Phi) is 5.37. The van der Waals surface area contributed by atoms with Gasteiger partial charge in [-0.15, -0.1) is 0 Å². The summed E-state index contributed by atoms with van der Waals surface area (Å²) >= 11 is 3.15. The van der Waals surface area contributed by atoms with Gasteiger partial charge in [-0.25, -0.2) is 9.18 Å². The van der Waals surface area contributed by atoms with Gasteiger partial charge in [0.05, 0.1) is 17.1 Å². The minimum atomic E-state index is -0.279. The first-order valence-electron chi connectivity index (χ1n) is 6.60. The number of ether oxygens (including phenoxy) is 1. The van der Waals surface area contributed by atoms with Crippen molar-refractivity contribution in [2.75, 3.05) is 26.8 Å². The summed E-state index contributed by atoms with van der Waals surface area (Å²) in [6.07, 6.45) is 1.55. The summed E-state index contributed by atoms with van der Waals surface area (Å²) in [5.41, 5.74) is 0.977. The van der Waals surface area contributed by atoms with Gasteiger partial charge < -0.3 is 15.0 Å². The molecule has 4 nitrogen and oxygen atoms in total. The number of rotatable bonds is 4. The Bertz CT molecular complexity index is 478. The highest BCUT2D eigenvalue weighted by molar-refractivity contribution is 9.10. The molecule has 1 heterocycles. The van der Waals surface area contributed by atoms with Crippen LogP contribution < -0.4 is 5.32 Å². The molecule has 1 fully saturated rings. The van der Waals surface area contributed by atoms with E-state index in [0.29, 0.717) is 30.7 Å². The third-order valence-corrected chi connectivity index (χ3v) is 4.06. The van der Waals surface area contributed by atoms with Crippen LogP contribution >= 0.6 is 15.9 Å². The van der Waals surface area contributed by atoms with Crippen LogP contribution in [0.5, 0.6) is 0 Å². The number of carbonyl (C=O) groups excluding carboxylic acids is 1. The summed E-state index contributed by atoms with van der Waals surface area (Å²) in [4.78, 5) is 13.6. The summed E-state index contributed by atoms with van der Waals surface area (Å²) in [6.45, 7) is 1.84. The first-order valence-corrected chi connectivity index (χ1v) is 7.39. The molecule has 0 unspecified atom stereocenters. The molecule has 2 rings (SSSR count). The van der Waals surface area contributed by atoms with Gasteiger partial charge in [0.2, 0.25) is 0 Å². The lowest BCUT2D eigenvalue weighted by atomic mass is 10.1. The third-order valence-electron chi connectivity index (χ3n) is 3.45. The van der Waals surface area contributed by atoms with E-state index in [2.05, 4.69) is 21.2 Å². The molecule has 1 aromatic carbocycles. The largest absolute Gasteiger partial charge is 0.379 e. The number of halogens is 2. The summed E-state index contributed by atoms with van der Waals surface area (Å²) in [5, 5.41) is 2.86. The van der Waals surface area contributed by atoms with E-state index in [1.165, 1.54) is 6.07 Å². The minimum Gasteiger partial charge on any atom is -0.379 e. The molecule has 1 saturated heterocycles. The molecule has 0 radical (unpaired) electrons. The van der Waals surface area contributed by atoms with Gasteiger partial charge >= 0.3 is 6.03 Å². The van der Waals surface area contributed by atoms with Crippen molar-refractivity contribution in [2.24, 2.45) is 0 Å². The van der Waals surface area contributed by atoms with Crippen molar-refractivity contribution >= 4 is 22.0 Å². The van der Waals surface area contributed by atoms with Crippen LogP contribution in [0.4, 0.5) is 9.18 Å². The maximum Gasteiger partial charge on any atom is 0.317 e. The fourth-order valence-electron chi connectivity index (χ4n) is 2.13. The maximum atomic E-state index is 13.1. The van der Waals surface area contributed by atoms with Crippen molar-refractivity contribution in [1.29, 1.82) is 0 Å². The molecule has 0 saturated carbocycles. The zero-order valence-electron chi connectivity index (χ0n) is 11.4. The van der Waals surface area contributed by atoms with Crippen LogP contribution in [0.3, 0.4) is 0 Å². The van der Waals surface area contributed by atoms with Crippen molar-refractivity contribution in [3.63, 3.8) is 0 Å². The Morgan fingerprint density at radius 3 is 3.05 bits per heavy atom. The quantitative estimate of drug-likeness (QED) is 0.911. The number of carbonyl (C=O) groups is 1. The van der Waals surface area contributed by atoms with Gasteiger partial charge in [0, 0.05) is 20.2 Å². The Labute approximate surface area is 126 Å². The number of urea groups is 1.